The number of ether oxygens (including phenoxy) is 4. The van der Waals surface area contributed by atoms with Crippen molar-refractivity contribution < 1.29 is 18.9 Å². The minimum atomic E-state index is 0.445. The summed E-state index contributed by atoms with van der Waals surface area (Å²) in [7, 11) is 6.50. The largest absolute Gasteiger partial charge is 0.497 e. The van der Waals surface area contributed by atoms with Crippen LogP contribution in [-0.4, -0.2) is 52.5 Å². The Morgan fingerprint density at radius 1 is 0.404 bits per heavy atom. The highest BCUT2D eigenvalue weighted by Gasteiger charge is 2.24. The van der Waals surface area contributed by atoms with Gasteiger partial charge in [0.1, 0.15) is 23.0 Å². The molecule has 0 amide bonds. The van der Waals surface area contributed by atoms with Gasteiger partial charge in [0.25, 0.3) is 0 Å². The number of aromatic nitrogens is 5. The van der Waals surface area contributed by atoms with E-state index in [0.29, 0.717) is 51.7 Å². The minimum Gasteiger partial charge on any atom is -0.497 e. The third-order valence-corrected chi connectivity index (χ3v) is 9.53. The molecule has 9 heteroatoms. The first-order valence-electron chi connectivity index (χ1n) is 16.8. The lowest BCUT2D eigenvalue weighted by atomic mass is 10.1. The summed E-state index contributed by atoms with van der Waals surface area (Å²) in [5, 5.41) is 4.45. The smallest absolute Gasteiger partial charge is 0.238 e. The van der Waals surface area contributed by atoms with Crippen molar-refractivity contribution in [1.82, 2.24) is 24.1 Å². The van der Waals surface area contributed by atoms with Gasteiger partial charge in [0.05, 0.1) is 50.5 Å². The number of rotatable bonds is 8. The molecule has 0 fully saturated rings. The predicted molar refractivity (Wildman–Crippen MR) is 206 cm³/mol. The topological polar surface area (TPSA) is 85.5 Å². The molecule has 0 bridgehead atoms. The molecule has 0 spiro atoms. The van der Waals surface area contributed by atoms with E-state index in [2.05, 4.69) is 88.0 Å². The molecule has 0 saturated heterocycles. The summed E-state index contributed by atoms with van der Waals surface area (Å²) in [6.45, 7) is 0. The van der Waals surface area contributed by atoms with Crippen molar-refractivity contribution in [2.24, 2.45) is 0 Å². The van der Waals surface area contributed by atoms with Gasteiger partial charge in [0.2, 0.25) is 5.95 Å². The van der Waals surface area contributed by atoms with E-state index in [9.17, 15) is 0 Å². The van der Waals surface area contributed by atoms with E-state index in [4.69, 9.17) is 33.9 Å². The number of hydrogen-bond acceptors (Lipinski definition) is 7. The maximum atomic E-state index is 5.65. The lowest BCUT2D eigenvalue weighted by Gasteiger charge is -2.14. The van der Waals surface area contributed by atoms with Crippen LogP contribution in [0.5, 0.6) is 23.0 Å². The molecular weight excluding hydrogens is 651 g/mol. The normalized spacial score (nSPS) is 11.5. The summed E-state index contributed by atoms with van der Waals surface area (Å²) >= 11 is 0. The molecule has 9 rings (SSSR count). The molecule has 9 nitrogen and oxygen atoms in total. The second-order valence-electron chi connectivity index (χ2n) is 12.4. The van der Waals surface area contributed by atoms with Gasteiger partial charge >= 0.3 is 0 Å². The zero-order chi connectivity index (χ0) is 35.3. The van der Waals surface area contributed by atoms with Crippen LogP contribution in [0, 0.1) is 0 Å². The van der Waals surface area contributed by atoms with Crippen LogP contribution in [0.25, 0.3) is 78.0 Å². The highest BCUT2D eigenvalue weighted by atomic mass is 16.5. The monoisotopic (exact) mass is 683 g/mol. The fourth-order valence-electron chi connectivity index (χ4n) is 7.15. The lowest BCUT2D eigenvalue weighted by molar-refractivity contribution is 0.394. The first-order chi connectivity index (χ1) is 25.6. The summed E-state index contributed by atoms with van der Waals surface area (Å²) in [6.07, 6.45) is 0. The molecule has 9 aromatic rings. The highest BCUT2D eigenvalue weighted by molar-refractivity contribution is 6.23. The average molecular weight is 684 g/mol. The van der Waals surface area contributed by atoms with Crippen LogP contribution in [0.4, 0.5) is 0 Å². The van der Waals surface area contributed by atoms with Gasteiger partial charge in [-0.1, -0.05) is 66.7 Å². The first kappa shape index (κ1) is 31.1. The van der Waals surface area contributed by atoms with Gasteiger partial charge in [0, 0.05) is 50.5 Å². The van der Waals surface area contributed by atoms with Crippen molar-refractivity contribution in [1.29, 1.82) is 0 Å². The number of hydrogen-bond donors (Lipinski definition) is 0. The van der Waals surface area contributed by atoms with Crippen LogP contribution >= 0.6 is 0 Å². The Kier molecular flexibility index (Phi) is 7.47. The number of benzene rings is 6. The highest BCUT2D eigenvalue weighted by Crippen LogP contribution is 2.42. The van der Waals surface area contributed by atoms with Crippen LogP contribution in [0.15, 0.2) is 127 Å². The van der Waals surface area contributed by atoms with Gasteiger partial charge in [-0.2, -0.15) is 9.97 Å². The van der Waals surface area contributed by atoms with Crippen LogP contribution in [0.1, 0.15) is 0 Å². The van der Waals surface area contributed by atoms with Crippen LogP contribution in [0.2, 0.25) is 0 Å². The first-order valence-corrected chi connectivity index (χ1v) is 16.8. The van der Waals surface area contributed by atoms with Crippen molar-refractivity contribution in [2.45, 2.75) is 0 Å². The van der Waals surface area contributed by atoms with Gasteiger partial charge < -0.3 is 23.5 Å². The maximum Gasteiger partial charge on any atom is 0.238 e. The molecule has 0 aliphatic rings. The predicted octanol–water partition coefficient (Wildman–Crippen LogP) is 9.43. The van der Waals surface area contributed by atoms with Crippen LogP contribution in [0.3, 0.4) is 0 Å². The molecule has 3 heterocycles. The maximum absolute atomic E-state index is 5.65. The summed E-state index contributed by atoms with van der Waals surface area (Å²) in [4.78, 5) is 15.5. The van der Waals surface area contributed by atoms with E-state index in [1.807, 2.05) is 48.5 Å². The molecule has 0 aliphatic heterocycles. The van der Waals surface area contributed by atoms with E-state index in [-0.39, 0.29) is 0 Å². The SMILES string of the molecule is COc1cc(OC)cc(-c2nc(-c3cc(OC)cc(OC)c3)nc(-n3c4ccccc4c4ccc5c6ccccc6n(-c6ccccc6)c5c43)n2)c1. The standard InChI is InChI=1S/C43H33N5O4/c1-49-29-20-26(21-30(24-29)50-2)41-44-42(27-22-31(51-3)25-32(23-27)52-4)46-43(45-41)48-38-17-11-9-15-34(38)36-19-18-35-33-14-8-10-16-37(33)47(39(35)40(36)48)28-12-6-5-7-13-28/h5-25H,1-4H3. The molecule has 6 aromatic carbocycles. The number of para-hydroxylation sites is 3. The average Bonchev–Trinajstić information content (AvgIpc) is 3.73. The van der Waals surface area contributed by atoms with Crippen molar-refractivity contribution in [2.75, 3.05) is 28.4 Å². The minimum absolute atomic E-state index is 0.445. The molecule has 254 valence electrons. The van der Waals surface area contributed by atoms with E-state index >= 15 is 0 Å². The van der Waals surface area contributed by atoms with Gasteiger partial charge in [-0.3, -0.25) is 4.57 Å². The Bertz CT molecular complexity index is 2690. The van der Waals surface area contributed by atoms with Crippen LogP contribution in [-0.2, 0) is 0 Å². The fourth-order valence-corrected chi connectivity index (χ4v) is 7.15. The zero-order valence-electron chi connectivity index (χ0n) is 29.0. The Hall–Kier alpha value is -6.87. The van der Waals surface area contributed by atoms with Gasteiger partial charge in [0.15, 0.2) is 11.6 Å². The van der Waals surface area contributed by atoms with E-state index < -0.39 is 0 Å². The lowest BCUT2D eigenvalue weighted by Crippen LogP contribution is -2.07. The van der Waals surface area contributed by atoms with E-state index in [0.717, 1.165) is 49.3 Å². The Morgan fingerprint density at radius 3 is 1.31 bits per heavy atom. The Balaban J connectivity index is 1.44. The number of nitrogens with zero attached hydrogens (tertiary/aromatic N) is 5. The second kappa shape index (κ2) is 12.5. The number of fused-ring (bicyclic) bond motifs is 7. The molecule has 0 atom stereocenters. The summed E-state index contributed by atoms with van der Waals surface area (Å²) in [5.74, 6) is 3.81. The van der Waals surface area contributed by atoms with Crippen molar-refractivity contribution in [3.8, 4) is 57.4 Å². The Labute approximate surface area is 299 Å². The van der Waals surface area contributed by atoms with Gasteiger partial charge in [-0.25, -0.2) is 4.98 Å². The van der Waals surface area contributed by atoms with Gasteiger partial charge in [-0.05, 0) is 48.5 Å². The van der Waals surface area contributed by atoms with Gasteiger partial charge in [-0.15, -0.1) is 0 Å². The summed E-state index contributed by atoms with van der Waals surface area (Å²) in [5.41, 5.74) is 6.58. The van der Waals surface area contributed by atoms with Crippen molar-refractivity contribution in [3.05, 3.63) is 127 Å². The van der Waals surface area contributed by atoms with Crippen molar-refractivity contribution >= 4 is 43.6 Å². The molecule has 0 aliphatic carbocycles. The molecule has 3 aromatic heterocycles. The molecule has 0 saturated carbocycles. The zero-order valence-corrected chi connectivity index (χ0v) is 29.0. The number of methoxy groups -OCH3 is 4. The Morgan fingerprint density at radius 2 is 0.827 bits per heavy atom. The molecule has 52 heavy (non-hydrogen) atoms. The molecule has 0 unspecified atom stereocenters. The van der Waals surface area contributed by atoms with E-state index in [1.54, 1.807) is 28.4 Å². The molecular formula is C43H33N5O4. The van der Waals surface area contributed by atoms with Crippen LogP contribution < -0.4 is 18.9 Å². The quantitative estimate of drug-likeness (QED) is 0.158. The third-order valence-electron chi connectivity index (χ3n) is 9.53. The van der Waals surface area contributed by atoms with Crippen molar-refractivity contribution in [3.63, 3.8) is 0 Å². The molecule has 0 N–H and O–H groups in total. The fraction of sp³-hybridized carbons (Fsp3) is 0.0930. The third kappa shape index (κ3) is 4.97. The summed E-state index contributed by atoms with van der Waals surface area (Å²) in [6, 6.07) is 43.1. The van der Waals surface area contributed by atoms with E-state index in [1.165, 1.54) is 0 Å². The molecule has 0 radical (unpaired) electrons. The summed E-state index contributed by atoms with van der Waals surface area (Å²) < 4.78 is 27.1. The second-order valence-corrected chi connectivity index (χ2v) is 12.4.